The van der Waals surface area contributed by atoms with Crippen LogP contribution < -0.4 is 14.4 Å². The van der Waals surface area contributed by atoms with Crippen LogP contribution in [0.5, 0.6) is 11.5 Å². The second-order valence-corrected chi connectivity index (χ2v) is 8.39. The van der Waals surface area contributed by atoms with Crippen molar-refractivity contribution in [3.8, 4) is 11.5 Å². The molecule has 0 aromatic heterocycles. The van der Waals surface area contributed by atoms with Gasteiger partial charge in [-0.2, -0.15) is 0 Å². The number of nitrogens with zero attached hydrogens (tertiary/aromatic N) is 1. The van der Waals surface area contributed by atoms with Crippen LogP contribution in [0.2, 0.25) is 0 Å². The number of benzene rings is 2. The van der Waals surface area contributed by atoms with Gasteiger partial charge in [-0.15, -0.1) is 0 Å². The smallest absolute Gasteiger partial charge is 0.306 e. The highest BCUT2D eigenvalue weighted by Crippen LogP contribution is 2.38. The third-order valence-electron chi connectivity index (χ3n) is 4.45. The Morgan fingerprint density at radius 2 is 1.97 bits per heavy atom. The molecule has 0 atom stereocenters. The molecule has 1 N–H and O–H groups in total. The molecule has 0 unspecified atom stereocenters. The van der Waals surface area contributed by atoms with Crippen molar-refractivity contribution < 1.29 is 24.2 Å². The second kappa shape index (κ2) is 9.32. The van der Waals surface area contributed by atoms with Gasteiger partial charge in [0.05, 0.1) is 30.7 Å². The normalized spacial score (nSPS) is 15.0. The first kappa shape index (κ1) is 21.9. The molecule has 1 saturated heterocycles. The summed E-state index contributed by atoms with van der Waals surface area (Å²) in [4.78, 5) is 25.7. The number of hydrogen-bond acceptors (Lipinski definition) is 6. The van der Waals surface area contributed by atoms with Crippen LogP contribution in [0.25, 0.3) is 6.08 Å². The standard InChI is InChI=1S/C22H21NO5S2/c1-13-4-6-16(14(2)10-13)23-21(26)19(30-22(23)29)12-15-5-7-17(18(11-15)27-3)28-9-8-20(24)25/h4-7,10-12H,8-9H2,1-3H3,(H,24,25)/b19-12+. The molecule has 156 valence electrons. The van der Waals surface area contributed by atoms with Crippen LogP contribution in [-0.4, -0.2) is 35.0 Å². The fourth-order valence-corrected chi connectivity index (χ4v) is 4.31. The molecule has 1 heterocycles. The Morgan fingerprint density at radius 3 is 2.63 bits per heavy atom. The Kier molecular flexibility index (Phi) is 6.79. The Morgan fingerprint density at radius 1 is 1.20 bits per heavy atom. The van der Waals surface area contributed by atoms with E-state index in [0.29, 0.717) is 20.7 Å². The highest BCUT2D eigenvalue weighted by Gasteiger charge is 2.34. The first-order valence-corrected chi connectivity index (χ1v) is 10.4. The molecule has 0 radical (unpaired) electrons. The monoisotopic (exact) mass is 443 g/mol. The Hall–Kier alpha value is -2.84. The number of amides is 1. The topological polar surface area (TPSA) is 76.1 Å². The highest BCUT2D eigenvalue weighted by atomic mass is 32.2. The molecular weight excluding hydrogens is 422 g/mol. The van der Waals surface area contributed by atoms with Gasteiger partial charge in [-0.3, -0.25) is 14.5 Å². The van der Waals surface area contributed by atoms with E-state index in [1.54, 1.807) is 29.2 Å². The number of thiocarbonyl (C=S) groups is 1. The molecule has 2 aromatic rings. The summed E-state index contributed by atoms with van der Waals surface area (Å²) in [6.45, 7) is 4.00. The van der Waals surface area contributed by atoms with Crippen molar-refractivity contribution in [1.82, 2.24) is 0 Å². The number of rotatable bonds is 7. The largest absolute Gasteiger partial charge is 0.493 e. The number of thioether (sulfide) groups is 1. The third-order valence-corrected chi connectivity index (χ3v) is 5.75. The van der Waals surface area contributed by atoms with Gasteiger partial charge in [0.2, 0.25) is 0 Å². The van der Waals surface area contributed by atoms with Crippen molar-refractivity contribution in [2.24, 2.45) is 0 Å². The molecule has 30 heavy (non-hydrogen) atoms. The van der Waals surface area contributed by atoms with Gasteiger partial charge in [-0.25, -0.2) is 0 Å². The average molecular weight is 444 g/mol. The van der Waals surface area contributed by atoms with E-state index < -0.39 is 5.97 Å². The Labute approximate surface area is 184 Å². The first-order chi connectivity index (χ1) is 14.3. The van der Waals surface area contributed by atoms with Crippen LogP contribution in [0.3, 0.4) is 0 Å². The molecule has 1 aliphatic heterocycles. The van der Waals surface area contributed by atoms with Gasteiger partial charge in [0.15, 0.2) is 15.8 Å². The van der Waals surface area contributed by atoms with Crippen LogP contribution in [0.1, 0.15) is 23.1 Å². The second-order valence-electron chi connectivity index (χ2n) is 6.71. The summed E-state index contributed by atoms with van der Waals surface area (Å²) >= 11 is 6.71. The average Bonchev–Trinajstić information content (AvgIpc) is 2.96. The Bertz CT molecular complexity index is 1050. The molecule has 2 aromatic carbocycles. The van der Waals surface area contributed by atoms with Crippen molar-refractivity contribution in [3.05, 3.63) is 58.0 Å². The maximum absolute atomic E-state index is 13.0. The number of anilines is 1. The van der Waals surface area contributed by atoms with Crippen molar-refractivity contribution in [1.29, 1.82) is 0 Å². The number of carboxylic acids is 1. The molecule has 0 saturated carbocycles. The zero-order valence-corrected chi connectivity index (χ0v) is 18.4. The van der Waals surface area contributed by atoms with Crippen LogP contribution in [0.4, 0.5) is 5.69 Å². The summed E-state index contributed by atoms with van der Waals surface area (Å²) in [5.41, 5.74) is 3.64. The molecule has 0 spiro atoms. The van der Waals surface area contributed by atoms with E-state index in [0.717, 1.165) is 22.4 Å². The summed E-state index contributed by atoms with van der Waals surface area (Å²) in [6.07, 6.45) is 1.65. The van der Waals surface area contributed by atoms with E-state index >= 15 is 0 Å². The summed E-state index contributed by atoms with van der Waals surface area (Å²) in [5, 5.41) is 8.73. The number of aliphatic carboxylic acids is 1. The van der Waals surface area contributed by atoms with Gasteiger partial charge in [-0.05, 0) is 49.2 Å². The van der Waals surface area contributed by atoms with Gasteiger partial charge in [0, 0.05) is 0 Å². The summed E-state index contributed by atoms with van der Waals surface area (Å²) in [6, 6.07) is 11.1. The quantitative estimate of drug-likeness (QED) is 0.496. The van der Waals surface area contributed by atoms with Crippen LogP contribution in [0.15, 0.2) is 41.3 Å². The maximum Gasteiger partial charge on any atom is 0.306 e. The molecule has 0 bridgehead atoms. The lowest BCUT2D eigenvalue weighted by atomic mass is 10.1. The molecular formula is C22H21NO5S2. The lowest BCUT2D eigenvalue weighted by molar-refractivity contribution is -0.137. The molecule has 0 aliphatic carbocycles. The third kappa shape index (κ3) is 4.83. The number of methoxy groups -OCH3 is 1. The van der Waals surface area contributed by atoms with Crippen LogP contribution >= 0.6 is 24.0 Å². The summed E-state index contributed by atoms with van der Waals surface area (Å²) < 4.78 is 11.3. The molecule has 6 nitrogen and oxygen atoms in total. The van der Waals surface area contributed by atoms with Gasteiger partial charge in [0.1, 0.15) is 0 Å². The van der Waals surface area contributed by atoms with E-state index in [2.05, 4.69) is 0 Å². The van der Waals surface area contributed by atoms with Crippen molar-refractivity contribution in [3.63, 3.8) is 0 Å². The number of carboxylic acid groups (broad SMARTS) is 1. The lowest BCUT2D eigenvalue weighted by Gasteiger charge is -2.17. The van der Waals surface area contributed by atoms with Gasteiger partial charge in [-0.1, -0.05) is 47.7 Å². The predicted molar refractivity (Wildman–Crippen MR) is 122 cm³/mol. The fraction of sp³-hybridized carbons (Fsp3) is 0.227. The summed E-state index contributed by atoms with van der Waals surface area (Å²) in [7, 11) is 1.50. The van der Waals surface area contributed by atoms with Gasteiger partial charge >= 0.3 is 5.97 Å². The minimum Gasteiger partial charge on any atom is -0.493 e. The maximum atomic E-state index is 13.0. The van der Waals surface area contributed by atoms with Gasteiger partial charge < -0.3 is 14.6 Å². The minimum atomic E-state index is -0.934. The first-order valence-electron chi connectivity index (χ1n) is 9.18. The zero-order chi connectivity index (χ0) is 21.8. The molecule has 3 rings (SSSR count). The van der Waals surface area contributed by atoms with E-state index in [4.69, 9.17) is 26.8 Å². The van der Waals surface area contributed by atoms with Crippen molar-refractivity contribution in [2.45, 2.75) is 20.3 Å². The minimum absolute atomic E-state index is 0.0413. The van der Waals surface area contributed by atoms with Crippen LogP contribution in [0, 0.1) is 13.8 Å². The SMILES string of the molecule is COc1cc(/C=C2/SC(=S)N(c3ccc(C)cc3C)C2=O)ccc1OCCC(=O)O. The zero-order valence-electron chi connectivity index (χ0n) is 16.8. The number of carbonyl (C=O) groups is 2. The van der Waals surface area contributed by atoms with E-state index in [9.17, 15) is 9.59 Å². The molecule has 1 fully saturated rings. The highest BCUT2D eigenvalue weighted by molar-refractivity contribution is 8.27. The number of hydrogen-bond donors (Lipinski definition) is 1. The van der Waals surface area contributed by atoms with Crippen LogP contribution in [-0.2, 0) is 9.59 Å². The predicted octanol–water partition coefficient (Wildman–Crippen LogP) is 4.57. The van der Waals surface area contributed by atoms with E-state index in [1.807, 2.05) is 32.0 Å². The van der Waals surface area contributed by atoms with E-state index in [-0.39, 0.29) is 18.9 Å². The number of aryl methyl sites for hydroxylation is 2. The molecule has 8 heteroatoms. The lowest BCUT2D eigenvalue weighted by Crippen LogP contribution is -2.28. The number of ether oxygens (including phenoxy) is 2. The van der Waals surface area contributed by atoms with Crippen molar-refractivity contribution >= 4 is 51.9 Å². The van der Waals surface area contributed by atoms with E-state index in [1.165, 1.54) is 18.9 Å². The fourth-order valence-electron chi connectivity index (χ4n) is 3.02. The van der Waals surface area contributed by atoms with Gasteiger partial charge in [0.25, 0.3) is 5.91 Å². The summed E-state index contributed by atoms with van der Waals surface area (Å²) in [5.74, 6) is -0.202. The molecule has 1 aliphatic rings. The molecule has 1 amide bonds. The van der Waals surface area contributed by atoms with Crippen molar-refractivity contribution in [2.75, 3.05) is 18.6 Å². The Balaban J connectivity index is 1.83. The number of carbonyl (C=O) groups excluding carboxylic acids is 1.